The molecule has 0 spiro atoms. The Morgan fingerprint density at radius 3 is 1.04 bits per heavy atom. The van der Waals surface area contributed by atoms with Gasteiger partial charge >= 0.3 is 5.97 Å². The zero-order valence-electron chi connectivity index (χ0n) is 46.1. The van der Waals surface area contributed by atoms with Gasteiger partial charge in [0.15, 0.2) is 0 Å². The predicted octanol–water partition coefficient (Wildman–Crippen LogP) is 19.2. The summed E-state index contributed by atoms with van der Waals surface area (Å²) in [7, 11) is 0. The number of esters is 1. The molecule has 2 atom stereocenters. The third kappa shape index (κ3) is 53.9. The molecule has 0 aliphatic carbocycles. The fourth-order valence-electron chi connectivity index (χ4n) is 9.81. The SMILES string of the molecule is CCCCCCCCCCCCCCCCCCCC(=O)OCCCCCCCCCCCCCC/C=C\CCCCCCCCCC(=O)NC(CO)C(O)CCCCCCCCCCCCC. The molecule has 0 saturated heterocycles. The normalized spacial score (nSPS) is 12.6. The largest absolute Gasteiger partial charge is 0.466 e. The number of rotatable bonds is 58. The molecular formula is C62H121NO5. The van der Waals surface area contributed by atoms with Crippen LogP contribution in [0.5, 0.6) is 0 Å². The lowest BCUT2D eigenvalue weighted by Crippen LogP contribution is -2.45. The Bertz CT molecular complexity index is 1020. The number of unbranched alkanes of at least 4 members (excludes halogenated alkanes) is 45. The first-order valence-electron chi connectivity index (χ1n) is 30.9. The van der Waals surface area contributed by atoms with E-state index >= 15 is 0 Å². The molecule has 0 heterocycles. The number of carbonyl (C=O) groups is 2. The van der Waals surface area contributed by atoms with Gasteiger partial charge in [0.05, 0.1) is 25.4 Å². The van der Waals surface area contributed by atoms with Crippen molar-refractivity contribution in [2.45, 2.75) is 360 Å². The molecule has 0 bridgehead atoms. The van der Waals surface area contributed by atoms with Gasteiger partial charge in [0, 0.05) is 12.8 Å². The van der Waals surface area contributed by atoms with Crippen molar-refractivity contribution in [2.24, 2.45) is 0 Å². The van der Waals surface area contributed by atoms with E-state index in [-0.39, 0.29) is 18.5 Å². The number of carbonyl (C=O) groups excluding carboxylic acids is 2. The predicted molar refractivity (Wildman–Crippen MR) is 297 cm³/mol. The summed E-state index contributed by atoms with van der Waals surface area (Å²) in [5.74, 6) is -0.0249. The van der Waals surface area contributed by atoms with E-state index in [0.717, 1.165) is 38.5 Å². The molecule has 404 valence electrons. The molecule has 0 rings (SSSR count). The van der Waals surface area contributed by atoms with E-state index in [4.69, 9.17) is 4.74 Å². The van der Waals surface area contributed by atoms with Crippen LogP contribution in [0.3, 0.4) is 0 Å². The zero-order chi connectivity index (χ0) is 49.3. The second-order valence-electron chi connectivity index (χ2n) is 21.4. The highest BCUT2D eigenvalue weighted by molar-refractivity contribution is 5.76. The molecule has 0 fully saturated rings. The van der Waals surface area contributed by atoms with Gasteiger partial charge in [-0.2, -0.15) is 0 Å². The fraction of sp³-hybridized carbons (Fsp3) is 0.935. The molecule has 68 heavy (non-hydrogen) atoms. The number of amides is 1. The highest BCUT2D eigenvalue weighted by Crippen LogP contribution is 2.18. The van der Waals surface area contributed by atoms with Crippen molar-refractivity contribution in [2.75, 3.05) is 13.2 Å². The first-order valence-corrected chi connectivity index (χ1v) is 30.9. The minimum atomic E-state index is -0.666. The molecule has 0 aromatic carbocycles. The number of nitrogens with one attached hydrogen (secondary N) is 1. The molecule has 0 radical (unpaired) electrons. The lowest BCUT2D eigenvalue weighted by Gasteiger charge is -2.22. The van der Waals surface area contributed by atoms with Crippen LogP contribution in [0.1, 0.15) is 348 Å². The van der Waals surface area contributed by atoms with Crippen LogP contribution in [0.15, 0.2) is 12.2 Å². The van der Waals surface area contributed by atoms with E-state index in [0.29, 0.717) is 25.9 Å². The van der Waals surface area contributed by atoms with E-state index in [1.54, 1.807) is 0 Å². The molecule has 1 amide bonds. The van der Waals surface area contributed by atoms with Crippen LogP contribution < -0.4 is 5.32 Å². The van der Waals surface area contributed by atoms with Crippen LogP contribution in [0.2, 0.25) is 0 Å². The average molecular weight is 961 g/mol. The number of hydrogen-bond acceptors (Lipinski definition) is 5. The van der Waals surface area contributed by atoms with E-state index in [1.807, 2.05) is 0 Å². The Kier molecular flexibility index (Phi) is 57.0. The minimum absolute atomic E-state index is 0.0160. The second kappa shape index (κ2) is 58.2. The smallest absolute Gasteiger partial charge is 0.305 e. The van der Waals surface area contributed by atoms with Crippen molar-refractivity contribution in [1.29, 1.82) is 0 Å². The molecule has 2 unspecified atom stereocenters. The van der Waals surface area contributed by atoms with Crippen LogP contribution in [0.25, 0.3) is 0 Å². The van der Waals surface area contributed by atoms with Crippen molar-refractivity contribution in [3.05, 3.63) is 12.2 Å². The maximum Gasteiger partial charge on any atom is 0.305 e. The average Bonchev–Trinajstić information content (AvgIpc) is 3.34. The number of aliphatic hydroxyl groups excluding tert-OH is 2. The van der Waals surface area contributed by atoms with Gasteiger partial charge in [-0.25, -0.2) is 0 Å². The minimum Gasteiger partial charge on any atom is -0.466 e. The maximum atomic E-state index is 12.4. The van der Waals surface area contributed by atoms with Gasteiger partial charge in [0.1, 0.15) is 0 Å². The molecule has 6 nitrogen and oxygen atoms in total. The molecule has 6 heteroatoms. The lowest BCUT2D eigenvalue weighted by atomic mass is 10.0. The Hall–Kier alpha value is -1.40. The summed E-state index contributed by atoms with van der Waals surface area (Å²) in [6.45, 7) is 4.96. The summed E-state index contributed by atoms with van der Waals surface area (Å²) in [4.78, 5) is 24.5. The summed E-state index contributed by atoms with van der Waals surface area (Å²) in [6, 6.07) is -0.544. The van der Waals surface area contributed by atoms with Gasteiger partial charge in [-0.05, 0) is 51.4 Å². The van der Waals surface area contributed by atoms with Gasteiger partial charge in [-0.3, -0.25) is 9.59 Å². The highest BCUT2D eigenvalue weighted by Gasteiger charge is 2.20. The molecular weight excluding hydrogens is 839 g/mol. The van der Waals surface area contributed by atoms with E-state index in [9.17, 15) is 19.8 Å². The summed E-state index contributed by atoms with van der Waals surface area (Å²) in [5.41, 5.74) is 0. The first-order chi connectivity index (χ1) is 33.5. The number of allylic oxidation sites excluding steroid dienone is 2. The van der Waals surface area contributed by atoms with Crippen LogP contribution in [0, 0.1) is 0 Å². The Balaban J connectivity index is 3.36. The van der Waals surface area contributed by atoms with Gasteiger partial charge < -0.3 is 20.3 Å². The molecule has 0 saturated carbocycles. The number of aliphatic hydroxyl groups is 2. The number of ether oxygens (including phenoxy) is 1. The van der Waals surface area contributed by atoms with E-state index in [2.05, 4.69) is 31.3 Å². The summed E-state index contributed by atoms with van der Waals surface area (Å²) < 4.78 is 5.50. The van der Waals surface area contributed by atoms with Crippen molar-refractivity contribution in [1.82, 2.24) is 5.32 Å². The highest BCUT2D eigenvalue weighted by atomic mass is 16.5. The number of hydrogen-bond donors (Lipinski definition) is 3. The summed E-state index contributed by atoms with van der Waals surface area (Å²) in [6.07, 6.45) is 69.4. The first kappa shape index (κ1) is 66.6. The quantitative estimate of drug-likeness (QED) is 0.0321. The molecule has 0 aromatic rings. The third-order valence-corrected chi connectivity index (χ3v) is 14.6. The van der Waals surface area contributed by atoms with Gasteiger partial charge in [0.2, 0.25) is 5.91 Å². The van der Waals surface area contributed by atoms with Crippen LogP contribution in [-0.2, 0) is 14.3 Å². The monoisotopic (exact) mass is 960 g/mol. The molecule has 0 aliphatic heterocycles. The molecule has 3 N–H and O–H groups in total. The fourth-order valence-corrected chi connectivity index (χ4v) is 9.81. The van der Waals surface area contributed by atoms with Gasteiger partial charge in [-0.1, -0.05) is 296 Å². The zero-order valence-corrected chi connectivity index (χ0v) is 46.1. The van der Waals surface area contributed by atoms with Crippen molar-refractivity contribution in [3.8, 4) is 0 Å². The Morgan fingerprint density at radius 1 is 0.397 bits per heavy atom. The van der Waals surface area contributed by atoms with Gasteiger partial charge in [0.25, 0.3) is 0 Å². The van der Waals surface area contributed by atoms with Crippen molar-refractivity contribution < 1.29 is 24.5 Å². The van der Waals surface area contributed by atoms with E-state index in [1.165, 1.54) is 276 Å². The van der Waals surface area contributed by atoms with Crippen molar-refractivity contribution in [3.63, 3.8) is 0 Å². The van der Waals surface area contributed by atoms with Crippen LogP contribution in [-0.4, -0.2) is 47.4 Å². The van der Waals surface area contributed by atoms with E-state index < -0.39 is 12.1 Å². The summed E-state index contributed by atoms with van der Waals surface area (Å²) in [5, 5.41) is 23.2. The van der Waals surface area contributed by atoms with Crippen LogP contribution in [0.4, 0.5) is 0 Å². The van der Waals surface area contributed by atoms with Gasteiger partial charge in [-0.15, -0.1) is 0 Å². The molecule has 0 aromatic heterocycles. The van der Waals surface area contributed by atoms with Crippen LogP contribution >= 0.6 is 0 Å². The maximum absolute atomic E-state index is 12.4. The lowest BCUT2D eigenvalue weighted by molar-refractivity contribution is -0.143. The third-order valence-electron chi connectivity index (χ3n) is 14.6. The molecule has 0 aliphatic rings. The standard InChI is InChI=1S/C62H121NO5/c1-3-5-7-9-11-13-15-16-17-25-29-32-36-40-44-48-52-56-62(67)68-57-53-49-45-41-37-33-30-27-24-22-20-18-19-21-23-26-28-31-35-39-43-47-51-55-61(66)63-59(58-64)60(65)54-50-46-42-38-34-14-12-10-8-6-4-2/h21,23,59-60,64-65H,3-20,22,24-58H2,1-2H3,(H,63,66)/b23-21-. The Labute approximate surface area is 425 Å². The second-order valence-corrected chi connectivity index (χ2v) is 21.4. The Morgan fingerprint density at radius 2 is 0.691 bits per heavy atom. The van der Waals surface area contributed by atoms with Crippen molar-refractivity contribution >= 4 is 11.9 Å². The topological polar surface area (TPSA) is 95.9 Å². The summed E-state index contributed by atoms with van der Waals surface area (Å²) >= 11 is 0.